The summed E-state index contributed by atoms with van der Waals surface area (Å²) < 4.78 is 42.6. The van der Waals surface area contributed by atoms with Gasteiger partial charge in [-0.3, -0.25) is 0 Å². The van der Waals surface area contributed by atoms with Crippen LogP contribution in [-0.4, -0.2) is 25.3 Å². The summed E-state index contributed by atoms with van der Waals surface area (Å²) in [7, 11) is 0. The maximum absolute atomic E-state index is 12.4. The zero-order valence-corrected chi connectivity index (χ0v) is 10.6. The van der Waals surface area contributed by atoms with Gasteiger partial charge in [0.2, 0.25) is 0 Å². The first-order chi connectivity index (χ1) is 8.95. The van der Waals surface area contributed by atoms with Gasteiger partial charge in [-0.15, -0.1) is 0 Å². The Bertz CT molecular complexity index is 439. The molecule has 2 nitrogen and oxygen atoms in total. The molecular formula is C14H16F3NO. The lowest BCUT2D eigenvalue weighted by molar-refractivity contribution is -0.137. The fourth-order valence-electron chi connectivity index (χ4n) is 1.96. The van der Waals surface area contributed by atoms with Crippen LogP contribution in [0.25, 0.3) is 6.08 Å². The summed E-state index contributed by atoms with van der Waals surface area (Å²) in [6, 6.07) is 5.50. The minimum absolute atomic E-state index is 0.103. The van der Waals surface area contributed by atoms with Crippen molar-refractivity contribution in [2.75, 3.05) is 13.2 Å². The highest BCUT2D eigenvalue weighted by atomic mass is 19.4. The topological polar surface area (TPSA) is 21.3 Å². The summed E-state index contributed by atoms with van der Waals surface area (Å²) in [6.45, 7) is 3.30. The van der Waals surface area contributed by atoms with Gasteiger partial charge in [0.25, 0.3) is 0 Å². The van der Waals surface area contributed by atoms with Crippen molar-refractivity contribution in [3.8, 4) is 0 Å². The zero-order valence-electron chi connectivity index (χ0n) is 10.6. The molecule has 0 radical (unpaired) electrons. The number of ether oxygens (including phenoxy) is 1. The summed E-state index contributed by atoms with van der Waals surface area (Å²) in [4.78, 5) is 0. The van der Waals surface area contributed by atoms with E-state index < -0.39 is 11.7 Å². The number of rotatable bonds is 2. The Balaban J connectivity index is 1.99. The maximum atomic E-state index is 12.4. The summed E-state index contributed by atoms with van der Waals surface area (Å²) >= 11 is 0. The van der Waals surface area contributed by atoms with Crippen molar-refractivity contribution in [1.29, 1.82) is 0 Å². The first-order valence-electron chi connectivity index (χ1n) is 6.14. The molecule has 1 heterocycles. The molecule has 0 amide bonds. The van der Waals surface area contributed by atoms with Crippen LogP contribution in [0.1, 0.15) is 18.1 Å². The molecule has 0 saturated carbocycles. The van der Waals surface area contributed by atoms with Crippen LogP contribution in [0, 0.1) is 0 Å². The molecule has 1 aliphatic rings. The van der Waals surface area contributed by atoms with E-state index in [0.29, 0.717) is 13.2 Å². The Morgan fingerprint density at radius 2 is 1.89 bits per heavy atom. The third-order valence-corrected chi connectivity index (χ3v) is 2.92. The minimum atomic E-state index is -4.28. The van der Waals surface area contributed by atoms with Gasteiger partial charge >= 0.3 is 6.18 Å². The van der Waals surface area contributed by atoms with Gasteiger partial charge in [0.15, 0.2) is 0 Å². The maximum Gasteiger partial charge on any atom is 0.416 e. The van der Waals surface area contributed by atoms with Crippen LogP contribution in [0.5, 0.6) is 0 Å². The molecule has 0 aromatic heterocycles. The molecule has 1 fully saturated rings. The highest BCUT2D eigenvalue weighted by Crippen LogP contribution is 2.29. The smallest absolute Gasteiger partial charge is 0.378 e. The Morgan fingerprint density at radius 3 is 2.47 bits per heavy atom. The van der Waals surface area contributed by atoms with E-state index in [1.165, 1.54) is 12.1 Å². The third-order valence-electron chi connectivity index (χ3n) is 2.92. The normalized spacial score (nSPS) is 24.8. The van der Waals surface area contributed by atoms with Gasteiger partial charge in [-0.25, -0.2) is 0 Å². The molecule has 0 aliphatic carbocycles. The minimum Gasteiger partial charge on any atom is -0.378 e. The van der Waals surface area contributed by atoms with Gasteiger partial charge in [0, 0.05) is 12.1 Å². The third kappa shape index (κ3) is 4.08. The van der Waals surface area contributed by atoms with Crippen molar-refractivity contribution in [2.24, 2.45) is 0 Å². The predicted octanol–water partition coefficient (Wildman–Crippen LogP) is 3.10. The number of morpholine rings is 1. The van der Waals surface area contributed by atoms with E-state index >= 15 is 0 Å². The van der Waals surface area contributed by atoms with E-state index in [0.717, 1.165) is 17.7 Å². The lowest BCUT2D eigenvalue weighted by Crippen LogP contribution is -2.46. The predicted molar refractivity (Wildman–Crippen MR) is 67.7 cm³/mol. The molecule has 1 saturated heterocycles. The largest absolute Gasteiger partial charge is 0.416 e. The Morgan fingerprint density at radius 1 is 1.21 bits per heavy atom. The van der Waals surface area contributed by atoms with Crippen LogP contribution in [0.4, 0.5) is 13.2 Å². The number of hydrogen-bond acceptors (Lipinski definition) is 2. The van der Waals surface area contributed by atoms with Crippen LogP contribution < -0.4 is 5.32 Å². The lowest BCUT2D eigenvalue weighted by Gasteiger charge is -2.26. The number of halogens is 3. The van der Waals surface area contributed by atoms with Crippen LogP contribution >= 0.6 is 0 Å². The lowest BCUT2D eigenvalue weighted by atomic mass is 10.1. The molecule has 1 aromatic carbocycles. The molecule has 5 heteroatoms. The average molecular weight is 271 g/mol. The molecule has 1 aromatic rings. The summed E-state index contributed by atoms with van der Waals surface area (Å²) in [6.07, 6.45) is -0.562. The highest BCUT2D eigenvalue weighted by Gasteiger charge is 2.29. The Hall–Kier alpha value is -1.33. The molecule has 104 valence electrons. The monoisotopic (exact) mass is 271 g/mol. The second-order valence-electron chi connectivity index (χ2n) is 4.69. The molecule has 19 heavy (non-hydrogen) atoms. The average Bonchev–Trinajstić information content (AvgIpc) is 2.36. The molecule has 1 N–H and O–H groups in total. The number of hydrogen-bond donors (Lipinski definition) is 1. The number of nitrogens with one attached hydrogen (secondary N) is 1. The van der Waals surface area contributed by atoms with E-state index in [1.807, 2.05) is 13.0 Å². The SMILES string of the molecule is CC1COCC(/C=C/c2ccc(C(F)(F)F)cc2)N1. The number of alkyl halides is 3. The van der Waals surface area contributed by atoms with Crippen LogP contribution in [-0.2, 0) is 10.9 Å². The van der Waals surface area contributed by atoms with Gasteiger partial charge in [-0.2, -0.15) is 13.2 Å². The fraction of sp³-hybridized carbons (Fsp3) is 0.429. The van der Waals surface area contributed by atoms with Gasteiger partial charge in [0.05, 0.1) is 18.8 Å². The van der Waals surface area contributed by atoms with E-state index in [9.17, 15) is 13.2 Å². The summed E-state index contributed by atoms with van der Waals surface area (Å²) in [5.74, 6) is 0. The van der Waals surface area contributed by atoms with Crippen molar-refractivity contribution < 1.29 is 17.9 Å². The van der Waals surface area contributed by atoms with Crippen molar-refractivity contribution in [3.63, 3.8) is 0 Å². The molecule has 1 aliphatic heterocycles. The summed E-state index contributed by atoms with van der Waals surface area (Å²) in [5.41, 5.74) is 0.116. The van der Waals surface area contributed by atoms with Crippen molar-refractivity contribution in [3.05, 3.63) is 41.5 Å². The van der Waals surface area contributed by atoms with Gasteiger partial charge in [0.1, 0.15) is 0 Å². The molecule has 0 bridgehead atoms. The van der Waals surface area contributed by atoms with Crippen LogP contribution in [0.15, 0.2) is 30.3 Å². The molecule has 2 atom stereocenters. The van der Waals surface area contributed by atoms with E-state index in [4.69, 9.17) is 4.74 Å². The van der Waals surface area contributed by atoms with Gasteiger partial charge in [-0.1, -0.05) is 24.3 Å². The zero-order chi connectivity index (χ0) is 13.9. The standard InChI is InChI=1S/C14H16F3NO/c1-10-8-19-9-13(18-10)7-4-11-2-5-12(6-3-11)14(15,16)17/h2-7,10,13,18H,8-9H2,1H3/b7-4+. The highest BCUT2D eigenvalue weighted by molar-refractivity contribution is 5.50. The second kappa shape index (κ2) is 5.75. The van der Waals surface area contributed by atoms with Crippen molar-refractivity contribution in [2.45, 2.75) is 25.2 Å². The number of benzene rings is 1. The fourth-order valence-corrected chi connectivity index (χ4v) is 1.96. The first-order valence-corrected chi connectivity index (χ1v) is 6.14. The molecule has 2 unspecified atom stereocenters. The van der Waals surface area contributed by atoms with Crippen molar-refractivity contribution >= 4 is 6.08 Å². The Kier molecular flexibility index (Phi) is 4.27. The van der Waals surface area contributed by atoms with E-state index in [2.05, 4.69) is 5.32 Å². The second-order valence-corrected chi connectivity index (χ2v) is 4.69. The molecule has 0 spiro atoms. The van der Waals surface area contributed by atoms with Crippen molar-refractivity contribution in [1.82, 2.24) is 5.32 Å². The van der Waals surface area contributed by atoms with Crippen LogP contribution in [0.2, 0.25) is 0 Å². The Labute approximate surface area is 110 Å². The summed E-state index contributed by atoms with van der Waals surface area (Å²) in [5, 5.41) is 3.33. The quantitative estimate of drug-likeness (QED) is 0.892. The van der Waals surface area contributed by atoms with E-state index in [1.54, 1.807) is 6.08 Å². The van der Waals surface area contributed by atoms with Gasteiger partial charge < -0.3 is 10.1 Å². The van der Waals surface area contributed by atoms with E-state index in [-0.39, 0.29) is 12.1 Å². The molecular weight excluding hydrogens is 255 g/mol. The molecule has 2 rings (SSSR count). The first kappa shape index (κ1) is 14.1. The van der Waals surface area contributed by atoms with Crippen LogP contribution in [0.3, 0.4) is 0 Å². The van der Waals surface area contributed by atoms with Gasteiger partial charge in [-0.05, 0) is 24.6 Å².